The average Bonchev–Trinajstić information content (AvgIpc) is 3.03. The number of rotatable bonds is 6. The lowest BCUT2D eigenvalue weighted by Gasteiger charge is -2.35. The average molecular weight is 387 g/mol. The third kappa shape index (κ3) is 4.18. The third-order valence-corrected chi connectivity index (χ3v) is 7.59. The summed E-state index contributed by atoms with van der Waals surface area (Å²) in [4.78, 5) is 12.8. The molecular formula is C18H30N2O5S. The number of carbonyl (C=O) groups excluding carboxylic acids is 1. The molecule has 1 aliphatic heterocycles. The molecule has 1 aromatic rings. The summed E-state index contributed by atoms with van der Waals surface area (Å²) in [6.07, 6.45) is 1.28. The van der Waals surface area contributed by atoms with E-state index in [1.165, 1.54) is 18.2 Å². The number of methoxy groups -OCH3 is 1. The van der Waals surface area contributed by atoms with Crippen molar-refractivity contribution in [1.29, 1.82) is 0 Å². The molecule has 0 N–H and O–H groups in total. The molecule has 0 bridgehead atoms. The van der Waals surface area contributed by atoms with Crippen molar-refractivity contribution in [2.45, 2.75) is 70.1 Å². The monoisotopic (exact) mass is 386 g/mol. The number of piperidine rings is 1. The zero-order valence-corrected chi connectivity index (χ0v) is 17.4. The van der Waals surface area contributed by atoms with E-state index >= 15 is 0 Å². The molecule has 0 radical (unpaired) electrons. The highest BCUT2D eigenvalue weighted by molar-refractivity contribution is 7.91. The smallest absolute Gasteiger partial charge is 0.226 e. The quantitative estimate of drug-likeness (QED) is 0.745. The van der Waals surface area contributed by atoms with Gasteiger partial charge in [0.1, 0.15) is 10.5 Å². The Hall–Kier alpha value is -1.25. The Morgan fingerprint density at radius 1 is 1.27 bits per heavy atom. The summed E-state index contributed by atoms with van der Waals surface area (Å²) in [6, 6.07) is 1.73. The molecule has 1 saturated heterocycles. The molecule has 26 heavy (non-hydrogen) atoms. The van der Waals surface area contributed by atoms with Crippen LogP contribution in [0, 0.1) is 0 Å². The summed E-state index contributed by atoms with van der Waals surface area (Å²) in [5.74, 6) is 0.280. The van der Waals surface area contributed by atoms with Gasteiger partial charge < -0.3 is 9.26 Å². The fourth-order valence-corrected chi connectivity index (χ4v) is 4.60. The number of ether oxygens (including phenoxy) is 1. The molecule has 0 aliphatic carbocycles. The number of Topliss-reactive ketones (excluding diaryl/α,β-unsaturated/α-hetero) is 1. The molecule has 1 fully saturated rings. The Morgan fingerprint density at radius 3 is 2.31 bits per heavy atom. The van der Waals surface area contributed by atoms with Gasteiger partial charge in [-0.25, -0.2) is 12.7 Å². The summed E-state index contributed by atoms with van der Waals surface area (Å²) < 4.78 is 36.5. The van der Waals surface area contributed by atoms with Crippen molar-refractivity contribution in [3.05, 3.63) is 17.5 Å². The zero-order valence-electron chi connectivity index (χ0n) is 16.5. The van der Waals surface area contributed by atoms with Crippen molar-refractivity contribution in [1.82, 2.24) is 9.46 Å². The molecule has 2 rings (SSSR count). The Labute approximate surface area is 156 Å². The summed E-state index contributed by atoms with van der Waals surface area (Å²) in [7, 11) is -2.13. The van der Waals surface area contributed by atoms with Gasteiger partial charge in [-0.05, 0) is 26.7 Å². The van der Waals surface area contributed by atoms with Crippen molar-refractivity contribution in [2.75, 3.05) is 20.2 Å². The number of sulfonamides is 1. The SMILES string of the molecule is COC1CCN(S(=O)(=O)C(C)(C)C(=O)Cc2cc(C(C)(C)C)on2)CC1. The normalized spacial score (nSPS) is 18.2. The second-order valence-electron chi connectivity index (χ2n) is 8.38. The van der Waals surface area contributed by atoms with Crippen molar-refractivity contribution >= 4 is 15.8 Å². The van der Waals surface area contributed by atoms with Crippen LogP contribution >= 0.6 is 0 Å². The van der Waals surface area contributed by atoms with Crippen LogP contribution in [0.4, 0.5) is 0 Å². The van der Waals surface area contributed by atoms with E-state index in [-0.39, 0.29) is 23.7 Å². The minimum Gasteiger partial charge on any atom is -0.381 e. The number of hydrogen-bond donors (Lipinski definition) is 0. The van der Waals surface area contributed by atoms with Crippen molar-refractivity contribution in [2.24, 2.45) is 0 Å². The molecule has 8 heteroatoms. The summed E-state index contributed by atoms with van der Waals surface area (Å²) in [6.45, 7) is 9.63. The molecule has 0 atom stereocenters. The highest BCUT2D eigenvalue weighted by Crippen LogP contribution is 2.28. The highest BCUT2D eigenvalue weighted by Gasteiger charge is 2.46. The van der Waals surface area contributed by atoms with E-state index in [4.69, 9.17) is 9.26 Å². The van der Waals surface area contributed by atoms with E-state index in [9.17, 15) is 13.2 Å². The highest BCUT2D eigenvalue weighted by atomic mass is 32.2. The fourth-order valence-electron chi connectivity index (χ4n) is 2.90. The molecule has 0 amide bonds. The van der Waals surface area contributed by atoms with E-state index in [0.717, 1.165) is 0 Å². The van der Waals surface area contributed by atoms with Crippen LogP contribution in [0.15, 0.2) is 10.6 Å². The maximum Gasteiger partial charge on any atom is 0.226 e. The first-order chi connectivity index (χ1) is 11.9. The van der Waals surface area contributed by atoms with Crippen LogP contribution in [0.3, 0.4) is 0 Å². The standard InChI is InChI=1S/C18H30N2O5S/c1-17(2,3)16-12-13(19-25-16)11-15(21)18(4,5)26(22,23)20-9-7-14(24-6)8-10-20/h12,14H,7-11H2,1-6H3. The number of hydrogen-bond acceptors (Lipinski definition) is 6. The number of nitrogens with zero attached hydrogens (tertiary/aromatic N) is 2. The largest absolute Gasteiger partial charge is 0.381 e. The van der Waals surface area contributed by atoms with Gasteiger partial charge in [0.2, 0.25) is 10.0 Å². The lowest BCUT2D eigenvalue weighted by Crippen LogP contribution is -2.52. The molecule has 1 aromatic heterocycles. The first-order valence-electron chi connectivity index (χ1n) is 8.91. The molecule has 1 aliphatic rings. The minimum atomic E-state index is -3.76. The van der Waals surface area contributed by atoms with Gasteiger partial charge in [0.05, 0.1) is 18.2 Å². The van der Waals surface area contributed by atoms with E-state index in [2.05, 4.69) is 5.16 Å². The zero-order chi connectivity index (χ0) is 19.8. The second-order valence-corrected chi connectivity index (χ2v) is 10.9. The molecule has 0 unspecified atom stereocenters. The maximum absolute atomic E-state index is 13.0. The fraction of sp³-hybridized carbons (Fsp3) is 0.778. The number of carbonyl (C=O) groups is 1. The van der Waals surface area contributed by atoms with Crippen molar-refractivity contribution in [3.63, 3.8) is 0 Å². The lowest BCUT2D eigenvalue weighted by molar-refractivity contribution is -0.120. The molecule has 0 saturated carbocycles. The van der Waals surface area contributed by atoms with Gasteiger partial charge >= 0.3 is 0 Å². The molecule has 2 heterocycles. The molecule has 7 nitrogen and oxygen atoms in total. The first kappa shape index (κ1) is 21.1. The van der Waals surface area contributed by atoms with E-state index < -0.39 is 14.8 Å². The molecule has 0 aromatic carbocycles. The lowest BCUT2D eigenvalue weighted by atomic mass is 9.92. The van der Waals surface area contributed by atoms with E-state index in [1.54, 1.807) is 13.2 Å². The third-order valence-electron chi connectivity index (χ3n) is 5.03. The Bertz CT molecular complexity index is 738. The summed E-state index contributed by atoms with van der Waals surface area (Å²) >= 11 is 0. The summed E-state index contributed by atoms with van der Waals surface area (Å²) in [5.41, 5.74) is 0.239. The minimum absolute atomic E-state index is 0.0691. The van der Waals surface area contributed by atoms with Crippen LogP contribution in [-0.4, -0.2) is 54.7 Å². The van der Waals surface area contributed by atoms with Crippen LogP contribution in [0.5, 0.6) is 0 Å². The number of aromatic nitrogens is 1. The number of ketones is 1. The van der Waals surface area contributed by atoms with E-state index in [0.29, 0.717) is 37.4 Å². The van der Waals surface area contributed by atoms with Crippen molar-refractivity contribution < 1.29 is 22.5 Å². The first-order valence-corrected chi connectivity index (χ1v) is 10.4. The van der Waals surface area contributed by atoms with Gasteiger partial charge in [-0.3, -0.25) is 4.79 Å². The Balaban J connectivity index is 2.12. The van der Waals surface area contributed by atoms with Gasteiger partial charge in [0.15, 0.2) is 5.78 Å². The predicted octanol–water partition coefficient (Wildman–Crippen LogP) is 2.30. The molecule has 148 valence electrons. The van der Waals surface area contributed by atoms with Gasteiger partial charge in [-0.15, -0.1) is 0 Å². The van der Waals surface area contributed by atoms with Crippen LogP contribution in [-0.2, 0) is 31.4 Å². The topological polar surface area (TPSA) is 89.7 Å². The summed E-state index contributed by atoms with van der Waals surface area (Å²) in [5, 5.41) is 3.93. The van der Waals surface area contributed by atoms with Crippen LogP contribution in [0.25, 0.3) is 0 Å². The van der Waals surface area contributed by atoms with Gasteiger partial charge in [0.25, 0.3) is 0 Å². The van der Waals surface area contributed by atoms with Crippen LogP contribution in [0.1, 0.15) is 58.9 Å². The van der Waals surface area contributed by atoms with Gasteiger partial charge in [0, 0.05) is 31.7 Å². The van der Waals surface area contributed by atoms with Crippen LogP contribution < -0.4 is 0 Å². The predicted molar refractivity (Wildman–Crippen MR) is 98.5 cm³/mol. The Morgan fingerprint density at radius 2 is 1.85 bits per heavy atom. The van der Waals surface area contributed by atoms with Gasteiger partial charge in [-0.2, -0.15) is 0 Å². The molecular weight excluding hydrogens is 356 g/mol. The van der Waals surface area contributed by atoms with E-state index in [1.807, 2.05) is 20.8 Å². The second kappa shape index (κ2) is 7.40. The van der Waals surface area contributed by atoms with Crippen LogP contribution in [0.2, 0.25) is 0 Å². The molecule has 0 spiro atoms. The van der Waals surface area contributed by atoms with Crippen molar-refractivity contribution in [3.8, 4) is 0 Å². The van der Waals surface area contributed by atoms with Gasteiger partial charge in [-0.1, -0.05) is 25.9 Å². The maximum atomic E-state index is 13.0. The Kier molecular flexibility index (Phi) is 5.99.